The number of methoxy groups -OCH3 is 1. The third-order valence-corrected chi connectivity index (χ3v) is 2.73. The van der Waals surface area contributed by atoms with E-state index in [-0.39, 0.29) is 10.0 Å². The first kappa shape index (κ1) is 13.6. The number of carbonyl (C=O) groups excluding carboxylic acids is 2. The first-order valence-corrected chi connectivity index (χ1v) is 5.58. The lowest BCUT2D eigenvalue weighted by atomic mass is 10.2. The minimum Gasteiger partial charge on any atom is -0.467 e. The number of carbonyl (C=O) groups is 2. The standard InChI is InChI=1S/C11H11BrFNO3/c1-6(11(16)17-2)14-10(15)7-3-4-8(12)9(13)5-7/h3-6H,1-2H3,(H,14,15)/t6-/m0/s1. The van der Waals surface area contributed by atoms with Gasteiger partial charge in [0, 0.05) is 5.56 Å². The fraction of sp³-hybridized carbons (Fsp3) is 0.273. The maximum atomic E-state index is 13.2. The fourth-order valence-electron chi connectivity index (χ4n) is 1.15. The van der Waals surface area contributed by atoms with E-state index in [1.54, 1.807) is 0 Å². The second kappa shape index (κ2) is 5.77. The third kappa shape index (κ3) is 3.52. The maximum absolute atomic E-state index is 13.2. The number of ether oxygens (including phenoxy) is 1. The second-order valence-corrected chi connectivity index (χ2v) is 4.20. The van der Waals surface area contributed by atoms with E-state index in [9.17, 15) is 14.0 Å². The summed E-state index contributed by atoms with van der Waals surface area (Å²) in [5, 5.41) is 2.40. The first-order chi connectivity index (χ1) is 7.95. The molecule has 6 heteroatoms. The molecule has 1 amide bonds. The molecular weight excluding hydrogens is 293 g/mol. The Kier molecular flexibility index (Phi) is 4.62. The molecule has 0 saturated carbocycles. The third-order valence-electron chi connectivity index (χ3n) is 2.08. The summed E-state index contributed by atoms with van der Waals surface area (Å²) in [5.74, 6) is -1.63. The summed E-state index contributed by atoms with van der Waals surface area (Å²) in [4.78, 5) is 22.7. The number of esters is 1. The topological polar surface area (TPSA) is 55.4 Å². The Bertz CT molecular complexity index is 450. The molecule has 0 aliphatic heterocycles. The Hall–Kier alpha value is -1.43. The Morgan fingerprint density at radius 1 is 1.47 bits per heavy atom. The van der Waals surface area contributed by atoms with Crippen LogP contribution in [-0.2, 0) is 9.53 Å². The summed E-state index contributed by atoms with van der Waals surface area (Å²) in [7, 11) is 1.23. The Labute approximate surface area is 106 Å². The Morgan fingerprint density at radius 2 is 2.12 bits per heavy atom. The van der Waals surface area contributed by atoms with Crippen LogP contribution in [0.15, 0.2) is 22.7 Å². The Morgan fingerprint density at radius 3 is 2.65 bits per heavy atom. The van der Waals surface area contributed by atoms with E-state index in [1.165, 1.54) is 26.2 Å². The van der Waals surface area contributed by atoms with Crippen molar-refractivity contribution in [2.75, 3.05) is 7.11 Å². The van der Waals surface area contributed by atoms with Gasteiger partial charge in [0.25, 0.3) is 5.91 Å². The van der Waals surface area contributed by atoms with Crippen molar-refractivity contribution in [2.24, 2.45) is 0 Å². The molecule has 0 radical (unpaired) electrons. The van der Waals surface area contributed by atoms with Crippen LogP contribution in [0.3, 0.4) is 0 Å². The zero-order chi connectivity index (χ0) is 13.0. The molecule has 0 spiro atoms. The van der Waals surface area contributed by atoms with E-state index in [2.05, 4.69) is 26.0 Å². The van der Waals surface area contributed by atoms with Gasteiger partial charge in [0.05, 0.1) is 11.6 Å². The van der Waals surface area contributed by atoms with Crippen LogP contribution < -0.4 is 5.32 Å². The molecule has 1 aromatic rings. The van der Waals surface area contributed by atoms with Crippen molar-refractivity contribution in [2.45, 2.75) is 13.0 Å². The van der Waals surface area contributed by atoms with E-state index in [4.69, 9.17) is 0 Å². The van der Waals surface area contributed by atoms with Crippen molar-refractivity contribution in [1.29, 1.82) is 0 Å². The number of hydrogen-bond acceptors (Lipinski definition) is 3. The van der Waals surface area contributed by atoms with Crippen LogP contribution in [0.4, 0.5) is 4.39 Å². The molecule has 1 atom stereocenters. The quantitative estimate of drug-likeness (QED) is 0.868. The van der Waals surface area contributed by atoms with Crippen LogP contribution in [0.1, 0.15) is 17.3 Å². The van der Waals surface area contributed by atoms with Gasteiger partial charge in [0.15, 0.2) is 0 Å². The van der Waals surface area contributed by atoms with Gasteiger partial charge in [0.2, 0.25) is 0 Å². The summed E-state index contributed by atoms with van der Waals surface area (Å²) < 4.78 is 17.9. The van der Waals surface area contributed by atoms with Crippen molar-refractivity contribution < 1.29 is 18.7 Å². The number of nitrogens with one attached hydrogen (secondary N) is 1. The van der Waals surface area contributed by atoms with Crippen LogP contribution in [-0.4, -0.2) is 25.0 Å². The van der Waals surface area contributed by atoms with Crippen molar-refractivity contribution in [3.63, 3.8) is 0 Å². The number of amides is 1. The fourth-order valence-corrected chi connectivity index (χ4v) is 1.40. The zero-order valence-electron chi connectivity index (χ0n) is 9.29. The van der Waals surface area contributed by atoms with Crippen molar-refractivity contribution in [1.82, 2.24) is 5.32 Å². The highest BCUT2D eigenvalue weighted by atomic mass is 79.9. The molecule has 4 nitrogen and oxygen atoms in total. The van der Waals surface area contributed by atoms with Crippen LogP contribution in [0, 0.1) is 5.82 Å². The molecule has 0 unspecified atom stereocenters. The molecule has 17 heavy (non-hydrogen) atoms. The molecule has 0 bridgehead atoms. The Balaban J connectivity index is 2.76. The predicted octanol–water partition coefficient (Wildman–Crippen LogP) is 1.88. The van der Waals surface area contributed by atoms with Crippen molar-refractivity contribution in [3.8, 4) is 0 Å². The van der Waals surface area contributed by atoms with Gasteiger partial charge in [-0.15, -0.1) is 0 Å². The van der Waals surface area contributed by atoms with Crippen LogP contribution >= 0.6 is 15.9 Å². The highest BCUT2D eigenvalue weighted by Crippen LogP contribution is 2.16. The van der Waals surface area contributed by atoms with Gasteiger partial charge < -0.3 is 10.1 Å². The molecule has 0 aliphatic rings. The lowest BCUT2D eigenvalue weighted by Gasteiger charge is -2.11. The van der Waals surface area contributed by atoms with Gasteiger partial charge in [-0.25, -0.2) is 9.18 Å². The molecular formula is C11H11BrFNO3. The van der Waals surface area contributed by atoms with Crippen molar-refractivity contribution in [3.05, 3.63) is 34.1 Å². The van der Waals surface area contributed by atoms with Gasteiger partial charge in [0.1, 0.15) is 11.9 Å². The molecule has 0 aromatic heterocycles. The van der Waals surface area contributed by atoms with Gasteiger partial charge in [-0.1, -0.05) is 0 Å². The van der Waals surface area contributed by atoms with Crippen LogP contribution in [0.5, 0.6) is 0 Å². The highest BCUT2D eigenvalue weighted by Gasteiger charge is 2.17. The number of halogens is 2. The lowest BCUT2D eigenvalue weighted by Crippen LogP contribution is -2.39. The number of hydrogen-bond donors (Lipinski definition) is 1. The summed E-state index contributed by atoms with van der Waals surface area (Å²) >= 11 is 2.98. The molecule has 0 saturated heterocycles. The molecule has 0 fully saturated rings. The predicted molar refractivity (Wildman–Crippen MR) is 63.0 cm³/mol. The van der Waals surface area contributed by atoms with E-state index in [0.717, 1.165) is 6.07 Å². The minimum absolute atomic E-state index is 0.140. The van der Waals surface area contributed by atoms with Gasteiger partial charge in [-0.2, -0.15) is 0 Å². The number of rotatable bonds is 3. The summed E-state index contributed by atoms with van der Waals surface area (Å²) in [6.45, 7) is 1.49. The summed E-state index contributed by atoms with van der Waals surface area (Å²) in [6.07, 6.45) is 0. The maximum Gasteiger partial charge on any atom is 0.328 e. The molecule has 0 aliphatic carbocycles. The highest BCUT2D eigenvalue weighted by molar-refractivity contribution is 9.10. The smallest absolute Gasteiger partial charge is 0.328 e. The second-order valence-electron chi connectivity index (χ2n) is 3.35. The molecule has 0 heterocycles. The van der Waals surface area contributed by atoms with E-state index in [0.29, 0.717) is 0 Å². The molecule has 1 N–H and O–H groups in total. The largest absolute Gasteiger partial charge is 0.467 e. The molecule has 92 valence electrons. The number of benzene rings is 1. The van der Waals surface area contributed by atoms with Gasteiger partial charge in [-0.3, -0.25) is 4.79 Å². The molecule has 1 aromatic carbocycles. The van der Waals surface area contributed by atoms with Crippen LogP contribution in [0.25, 0.3) is 0 Å². The van der Waals surface area contributed by atoms with Gasteiger partial charge >= 0.3 is 5.97 Å². The van der Waals surface area contributed by atoms with Crippen molar-refractivity contribution >= 4 is 27.8 Å². The average molecular weight is 304 g/mol. The summed E-state index contributed by atoms with van der Waals surface area (Å²) in [5.41, 5.74) is 0.140. The minimum atomic E-state index is -0.779. The zero-order valence-corrected chi connectivity index (χ0v) is 10.9. The van der Waals surface area contributed by atoms with E-state index >= 15 is 0 Å². The van der Waals surface area contributed by atoms with Gasteiger partial charge in [-0.05, 0) is 41.1 Å². The first-order valence-electron chi connectivity index (χ1n) is 4.79. The SMILES string of the molecule is COC(=O)[C@H](C)NC(=O)c1ccc(Br)c(F)c1. The van der Waals surface area contributed by atoms with E-state index in [1.807, 2.05) is 0 Å². The van der Waals surface area contributed by atoms with Crippen LogP contribution in [0.2, 0.25) is 0 Å². The summed E-state index contributed by atoms with van der Waals surface area (Å²) in [6, 6.07) is 3.18. The molecule has 1 rings (SSSR count). The van der Waals surface area contributed by atoms with E-state index < -0.39 is 23.7 Å². The average Bonchev–Trinajstić information content (AvgIpc) is 2.31. The monoisotopic (exact) mass is 303 g/mol. The normalized spacial score (nSPS) is 11.8. The lowest BCUT2D eigenvalue weighted by molar-refractivity contribution is -0.142.